The van der Waals surface area contributed by atoms with E-state index in [1.807, 2.05) is 0 Å². The summed E-state index contributed by atoms with van der Waals surface area (Å²) in [5.41, 5.74) is 0.834. The van der Waals surface area contributed by atoms with Crippen LogP contribution < -0.4 is 10.6 Å². The molecule has 0 fully saturated rings. The molecule has 0 radical (unpaired) electrons. The second-order valence-electron chi connectivity index (χ2n) is 5.00. The van der Waals surface area contributed by atoms with Gasteiger partial charge in [-0.05, 0) is 30.7 Å². The molecule has 0 bridgehead atoms. The lowest BCUT2D eigenvalue weighted by atomic mass is 10.2. The van der Waals surface area contributed by atoms with Crippen LogP contribution in [0.15, 0.2) is 42.6 Å². The number of rotatable bonds is 7. The van der Waals surface area contributed by atoms with Crippen molar-refractivity contribution in [3.8, 4) is 0 Å². The number of unbranched alkanes of at least 4 members (excludes halogenated alkanes) is 2. The molecule has 1 heterocycles. The molecular formula is C17H20FN3O. The van der Waals surface area contributed by atoms with E-state index in [-0.39, 0.29) is 11.7 Å². The lowest BCUT2D eigenvalue weighted by Crippen LogP contribution is -2.24. The average Bonchev–Trinajstić information content (AvgIpc) is 2.54. The predicted molar refractivity (Wildman–Crippen MR) is 85.8 cm³/mol. The molecule has 0 aliphatic heterocycles. The molecular weight excluding hydrogens is 281 g/mol. The first-order chi connectivity index (χ1) is 10.7. The fraction of sp³-hybridized carbons (Fsp3) is 0.294. The first-order valence-electron chi connectivity index (χ1n) is 7.46. The van der Waals surface area contributed by atoms with Gasteiger partial charge in [0, 0.05) is 18.3 Å². The minimum absolute atomic E-state index is 0.143. The Balaban J connectivity index is 2.00. The van der Waals surface area contributed by atoms with Crippen molar-refractivity contribution in [1.29, 1.82) is 0 Å². The number of hydrogen-bond acceptors (Lipinski definition) is 3. The Bertz CT molecular complexity index is 631. The highest BCUT2D eigenvalue weighted by Crippen LogP contribution is 2.18. The molecule has 0 atom stereocenters. The maximum atomic E-state index is 13.6. The first kappa shape index (κ1) is 15.9. The van der Waals surface area contributed by atoms with E-state index in [2.05, 4.69) is 22.5 Å². The molecule has 1 aromatic carbocycles. The topological polar surface area (TPSA) is 54.0 Å². The molecule has 4 nitrogen and oxygen atoms in total. The molecule has 2 N–H and O–H groups in total. The number of halogens is 1. The van der Waals surface area contributed by atoms with E-state index in [1.54, 1.807) is 30.3 Å². The summed E-state index contributed by atoms with van der Waals surface area (Å²) in [6.45, 7) is 2.77. The van der Waals surface area contributed by atoms with Crippen molar-refractivity contribution in [2.24, 2.45) is 0 Å². The van der Waals surface area contributed by atoms with Crippen molar-refractivity contribution in [2.75, 3.05) is 11.9 Å². The number of carbonyl (C=O) groups is 1. The van der Waals surface area contributed by atoms with Gasteiger partial charge in [0.15, 0.2) is 0 Å². The molecule has 0 aliphatic rings. The normalized spacial score (nSPS) is 10.3. The third kappa shape index (κ3) is 4.55. The van der Waals surface area contributed by atoms with Crippen LogP contribution >= 0.6 is 0 Å². The minimum Gasteiger partial charge on any atom is -0.352 e. The number of anilines is 2. The molecule has 22 heavy (non-hydrogen) atoms. The van der Waals surface area contributed by atoms with E-state index in [9.17, 15) is 9.18 Å². The van der Waals surface area contributed by atoms with Crippen LogP contribution in [0.3, 0.4) is 0 Å². The van der Waals surface area contributed by atoms with E-state index >= 15 is 0 Å². The van der Waals surface area contributed by atoms with Gasteiger partial charge in [0.25, 0.3) is 5.91 Å². The van der Waals surface area contributed by atoms with E-state index in [0.29, 0.717) is 23.6 Å². The number of hydrogen-bond donors (Lipinski definition) is 2. The van der Waals surface area contributed by atoms with Gasteiger partial charge >= 0.3 is 0 Å². The Morgan fingerprint density at radius 2 is 2.05 bits per heavy atom. The van der Waals surface area contributed by atoms with Gasteiger partial charge in [0.2, 0.25) is 0 Å². The first-order valence-corrected chi connectivity index (χ1v) is 7.46. The molecule has 0 unspecified atom stereocenters. The Morgan fingerprint density at radius 3 is 2.82 bits per heavy atom. The summed E-state index contributed by atoms with van der Waals surface area (Å²) in [6, 6.07) is 9.59. The number of pyridine rings is 1. The lowest BCUT2D eigenvalue weighted by molar-refractivity contribution is 0.0953. The third-order valence-corrected chi connectivity index (χ3v) is 3.22. The molecule has 2 aromatic rings. The molecule has 5 heteroatoms. The highest BCUT2D eigenvalue weighted by atomic mass is 19.1. The largest absolute Gasteiger partial charge is 0.352 e. The standard InChI is InChI=1S/C17H20FN3O/c1-2-3-6-10-20-17(22)13-9-11-19-16(12-13)21-15-8-5-4-7-14(15)18/h4-5,7-9,11-12H,2-3,6,10H2,1H3,(H,19,21)(H,20,22). The van der Waals surface area contributed by atoms with Crippen molar-refractivity contribution in [3.05, 3.63) is 54.0 Å². The number of aromatic nitrogens is 1. The van der Waals surface area contributed by atoms with E-state index in [0.717, 1.165) is 19.3 Å². The van der Waals surface area contributed by atoms with Gasteiger partial charge in [-0.15, -0.1) is 0 Å². The molecule has 0 saturated carbocycles. The minimum atomic E-state index is -0.362. The van der Waals surface area contributed by atoms with Crippen molar-refractivity contribution in [2.45, 2.75) is 26.2 Å². The van der Waals surface area contributed by atoms with Crippen LogP contribution in [0.4, 0.5) is 15.9 Å². The zero-order valence-corrected chi connectivity index (χ0v) is 12.6. The van der Waals surface area contributed by atoms with Gasteiger partial charge in [-0.3, -0.25) is 4.79 Å². The predicted octanol–water partition coefficient (Wildman–Crippen LogP) is 3.88. The Morgan fingerprint density at radius 1 is 1.23 bits per heavy atom. The van der Waals surface area contributed by atoms with Gasteiger partial charge in [-0.2, -0.15) is 0 Å². The summed E-state index contributed by atoms with van der Waals surface area (Å²) in [7, 11) is 0. The van der Waals surface area contributed by atoms with Gasteiger partial charge in [0.05, 0.1) is 5.69 Å². The Labute approximate surface area is 129 Å². The molecule has 0 spiro atoms. The number of carbonyl (C=O) groups excluding carboxylic acids is 1. The fourth-order valence-corrected chi connectivity index (χ4v) is 2.02. The number of benzene rings is 1. The monoisotopic (exact) mass is 301 g/mol. The van der Waals surface area contributed by atoms with Crippen LogP contribution in [0.5, 0.6) is 0 Å². The van der Waals surface area contributed by atoms with Crippen LogP contribution in [0.25, 0.3) is 0 Å². The molecule has 116 valence electrons. The zero-order chi connectivity index (χ0) is 15.8. The van der Waals surface area contributed by atoms with Crippen molar-refractivity contribution in [1.82, 2.24) is 10.3 Å². The zero-order valence-electron chi connectivity index (χ0n) is 12.6. The van der Waals surface area contributed by atoms with Gasteiger partial charge in [-0.1, -0.05) is 31.9 Å². The molecule has 2 rings (SSSR count). The Hall–Kier alpha value is -2.43. The van der Waals surface area contributed by atoms with Gasteiger partial charge < -0.3 is 10.6 Å². The van der Waals surface area contributed by atoms with Gasteiger partial charge in [0.1, 0.15) is 11.6 Å². The Kier molecular flexibility index (Phi) is 5.89. The van der Waals surface area contributed by atoms with E-state index < -0.39 is 0 Å². The van der Waals surface area contributed by atoms with Crippen molar-refractivity contribution < 1.29 is 9.18 Å². The molecule has 0 aliphatic carbocycles. The second kappa shape index (κ2) is 8.12. The van der Waals surface area contributed by atoms with Crippen LogP contribution in [0, 0.1) is 5.82 Å². The molecule has 1 amide bonds. The van der Waals surface area contributed by atoms with E-state index in [1.165, 1.54) is 12.3 Å². The smallest absolute Gasteiger partial charge is 0.251 e. The number of para-hydroxylation sites is 1. The van der Waals surface area contributed by atoms with Crippen LogP contribution in [0.2, 0.25) is 0 Å². The molecule has 0 saturated heterocycles. The maximum absolute atomic E-state index is 13.6. The summed E-state index contributed by atoms with van der Waals surface area (Å²) in [6.07, 6.45) is 4.70. The summed E-state index contributed by atoms with van der Waals surface area (Å²) in [5, 5.41) is 5.75. The quantitative estimate of drug-likeness (QED) is 0.763. The third-order valence-electron chi connectivity index (χ3n) is 3.22. The maximum Gasteiger partial charge on any atom is 0.251 e. The summed E-state index contributed by atoms with van der Waals surface area (Å²) in [5.74, 6) is -0.0693. The van der Waals surface area contributed by atoms with Crippen LogP contribution in [-0.2, 0) is 0 Å². The summed E-state index contributed by atoms with van der Waals surface area (Å²) in [4.78, 5) is 16.1. The highest BCUT2D eigenvalue weighted by molar-refractivity contribution is 5.94. The van der Waals surface area contributed by atoms with Crippen LogP contribution in [-0.4, -0.2) is 17.4 Å². The van der Waals surface area contributed by atoms with Crippen molar-refractivity contribution in [3.63, 3.8) is 0 Å². The fourth-order valence-electron chi connectivity index (χ4n) is 2.02. The number of amides is 1. The SMILES string of the molecule is CCCCCNC(=O)c1ccnc(Nc2ccccc2F)c1. The van der Waals surface area contributed by atoms with E-state index in [4.69, 9.17) is 0 Å². The average molecular weight is 301 g/mol. The summed E-state index contributed by atoms with van der Waals surface area (Å²) >= 11 is 0. The van der Waals surface area contributed by atoms with Crippen LogP contribution in [0.1, 0.15) is 36.5 Å². The highest BCUT2D eigenvalue weighted by Gasteiger charge is 2.07. The lowest BCUT2D eigenvalue weighted by Gasteiger charge is -2.09. The summed E-state index contributed by atoms with van der Waals surface area (Å²) < 4.78 is 13.6. The van der Waals surface area contributed by atoms with Gasteiger partial charge in [-0.25, -0.2) is 9.37 Å². The number of nitrogens with zero attached hydrogens (tertiary/aromatic N) is 1. The number of nitrogens with one attached hydrogen (secondary N) is 2. The van der Waals surface area contributed by atoms with Crippen molar-refractivity contribution >= 4 is 17.4 Å². The second-order valence-corrected chi connectivity index (χ2v) is 5.00. The molecule has 1 aromatic heterocycles.